The number of hydrogen-bond donors (Lipinski definition) is 2. The largest absolute Gasteiger partial charge is 0.494 e. The van der Waals surface area contributed by atoms with Crippen LogP contribution in [0.5, 0.6) is 5.75 Å². The van der Waals surface area contributed by atoms with E-state index in [9.17, 15) is 0 Å². The third kappa shape index (κ3) is 4.45. The van der Waals surface area contributed by atoms with Crippen LogP contribution in [0.4, 0.5) is 0 Å². The van der Waals surface area contributed by atoms with Gasteiger partial charge in [0.1, 0.15) is 5.75 Å². The molecule has 1 rings (SSSR count). The molecule has 0 saturated carbocycles. The first-order valence-electron chi connectivity index (χ1n) is 6.51. The molecule has 0 aliphatic rings. The van der Waals surface area contributed by atoms with Crippen LogP contribution in [0.1, 0.15) is 25.5 Å². The molecule has 1 aromatic carbocycles. The maximum absolute atomic E-state index is 9.11. The van der Waals surface area contributed by atoms with E-state index < -0.39 is 0 Å². The lowest BCUT2D eigenvalue weighted by molar-refractivity contribution is 0.185. The van der Waals surface area contributed by atoms with Gasteiger partial charge in [-0.25, -0.2) is 0 Å². The van der Waals surface area contributed by atoms with E-state index in [1.807, 2.05) is 38.1 Å². The van der Waals surface area contributed by atoms with Crippen molar-refractivity contribution in [3.8, 4) is 5.75 Å². The number of hydrogen-bond acceptors (Lipinski definition) is 4. The zero-order valence-electron chi connectivity index (χ0n) is 11.5. The summed E-state index contributed by atoms with van der Waals surface area (Å²) in [6.07, 6.45) is 0. The zero-order chi connectivity index (χ0) is 14.3. The van der Waals surface area contributed by atoms with Gasteiger partial charge < -0.3 is 15.6 Å². The topological polar surface area (TPSA) is 58.7 Å². The van der Waals surface area contributed by atoms with E-state index in [2.05, 4.69) is 4.90 Å². The fourth-order valence-electron chi connectivity index (χ4n) is 2.07. The van der Waals surface area contributed by atoms with Crippen molar-refractivity contribution in [3.63, 3.8) is 0 Å². The lowest BCUT2D eigenvalue weighted by atomic mass is 10.0. The van der Waals surface area contributed by atoms with Crippen molar-refractivity contribution in [2.24, 2.45) is 5.73 Å². The number of nitrogens with zero attached hydrogens (tertiary/aromatic N) is 1. The molecule has 0 fully saturated rings. The summed E-state index contributed by atoms with van der Waals surface area (Å²) in [7, 11) is 0. The van der Waals surface area contributed by atoms with Gasteiger partial charge in [-0.15, -0.1) is 0 Å². The summed E-state index contributed by atoms with van der Waals surface area (Å²) in [5, 5.41) is 9.11. The predicted molar refractivity (Wildman–Crippen MR) is 81.5 cm³/mol. The van der Waals surface area contributed by atoms with E-state index in [1.165, 1.54) is 0 Å². The first kappa shape index (κ1) is 15.9. The van der Waals surface area contributed by atoms with Crippen LogP contribution in [0, 0.1) is 0 Å². The van der Waals surface area contributed by atoms with E-state index in [0.29, 0.717) is 18.1 Å². The summed E-state index contributed by atoms with van der Waals surface area (Å²) in [6, 6.07) is 7.61. The highest BCUT2D eigenvalue weighted by atomic mass is 32.1. The van der Waals surface area contributed by atoms with E-state index in [0.717, 1.165) is 17.9 Å². The van der Waals surface area contributed by atoms with Crippen molar-refractivity contribution in [3.05, 3.63) is 29.8 Å². The average molecular weight is 282 g/mol. The van der Waals surface area contributed by atoms with Crippen molar-refractivity contribution in [2.75, 3.05) is 26.3 Å². The molecule has 3 N–H and O–H groups in total. The van der Waals surface area contributed by atoms with E-state index in [-0.39, 0.29) is 12.6 Å². The Hall–Kier alpha value is -1.17. The van der Waals surface area contributed by atoms with Gasteiger partial charge >= 0.3 is 0 Å². The number of benzene rings is 1. The lowest BCUT2D eigenvalue weighted by Gasteiger charge is -2.29. The maximum atomic E-state index is 9.11. The molecule has 0 aromatic heterocycles. The molecule has 0 spiro atoms. The molecular formula is C14H22N2O2S. The molecule has 0 amide bonds. The molecule has 0 heterocycles. The second kappa shape index (κ2) is 8.09. The molecule has 4 nitrogen and oxygen atoms in total. The monoisotopic (exact) mass is 282 g/mol. The highest BCUT2D eigenvalue weighted by Gasteiger charge is 2.21. The Kier molecular flexibility index (Phi) is 6.77. The number of nitrogens with two attached hydrogens (primary N) is 1. The molecule has 1 aromatic rings. The first-order valence-corrected chi connectivity index (χ1v) is 6.91. The van der Waals surface area contributed by atoms with Crippen LogP contribution >= 0.6 is 12.2 Å². The minimum Gasteiger partial charge on any atom is -0.494 e. The Labute approximate surface area is 120 Å². The molecule has 1 unspecified atom stereocenters. The molecule has 0 bridgehead atoms. The fourth-order valence-corrected chi connectivity index (χ4v) is 2.35. The second-order valence-electron chi connectivity index (χ2n) is 4.16. The smallest absolute Gasteiger partial charge is 0.119 e. The summed E-state index contributed by atoms with van der Waals surface area (Å²) in [6.45, 7) is 6.02. The Balaban J connectivity index is 2.94. The molecule has 1 atom stereocenters. The number of aliphatic hydroxyl groups excluding tert-OH is 1. The van der Waals surface area contributed by atoms with Crippen LogP contribution in [0.2, 0.25) is 0 Å². The van der Waals surface area contributed by atoms with Crippen LogP contribution < -0.4 is 10.5 Å². The van der Waals surface area contributed by atoms with Crippen LogP contribution in [0.3, 0.4) is 0 Å². The van der Waals surface area contributed by atoms with Gasteiger partial charge in [0.15, 0.2) is 0 Å². The zero-order valence-corrected chi connectivity index (χ0v) is 12.3. The normalized spacial score (nSPS) is 12.4. The van der Waals surface area contributed by atoms with Gasteiger partial charge in [-0.05, 0) is 31.2 Å². The molecule has 106 valence electrons. The highest BCUT2D eigenvalue weighted by Crippen LogP contribution is 2.23. The number of thiocarbonyl (C=S) groups is 1. The molecule has 0 aliphatic carbocycles. The van der Waals surface area contributed by atoms with Gasteiger partial charge in [0.05, 0.1) is 24.2 Å². The third-order valence-corrected chi connectivity index (χ3v) is 3.16. The summed E-state index contributed by atoms with van der Waals surface area (Å²) < 4.78 is 5.42. The number of rotatable bonds is 8. The summed E-state index contributed by atoms with van der Waals surface area (Å²) in [5.41, 5.74) is 6.87. The minimum atomic E-state index is -0.150. The average Bonchev–Trinajstić information content (AvgIpc) is 2.40. The van der Waals surface area contributed by atoms with Gasteiger partial charge in [-0.3, -0.25) is 4.90 Å². The van der Waals surface area contributed by atoms with Gasteiger partial charge in [0.25, 0.3) is 0 Å². The Morgan fingerprint density at radius 3 is 2.42 bits per heavy atom. The maximum Gasteiger partial charge on any atom is 0.119 e. The molecular weight excluding hydrogens is 260 g/mol. The van der Waals surface area contributed by atoms with Gasteiger partial charge in [-0.2, -0.15) is 0 Å². The van der Waals surface area contributed by atoms with Gasteiger partial charge in [0, 0.05) is 6.54 Å². The number of ether oxygens (including phenoxy) is 1. The fraction of sp³-hybridized carbons (Fsp3) is 0.500. The standard InChI is InChI=1S/C14H22N2O2S/c1-3-16(9-10-17)13(14(15)19)11-5-7-12(8-6-11)18-4-2/h5-8,13,17H,3-4,9-10H2,1-2H3,(H2,15,19). The Morgan fingerprint density at radius 1 is 1.37 bits per heavy atom. The van der Waals surface area contributed by atoms with Gasteiger partial charge in [0.2, 0.25) is 0 Å². The Morgan fingerprint density at radius 2 is 2.00 bits per heavy atom. The van der Waals surface area contributed by atoms with E-state index in [4.69, 9.17) is 27.8 Å². The van der Waals surface area contributed by atoms with Crippen LogP contribution in [0.25, 0.3) is 0 Å². The quantitative estimate of drug-likeness (QED) is 0.711. The summed E-state index contributed by atoms with van der Waals surface area (Å²) >= 11 is 5.16. The SMILES string of the molecule is CCOc1ccc(C(C(N)=S)N(CC)CCO)cc1. The molecule has 0 aliphatic heterocycles. The molecule has 19 heavy (non-hydrogen) atoms. The lowest BCUT2D eigenvalue weighted by Crippen LogP contribution is -2.38. The van der Waals surface area contributed by atoms with Crippen molar-refractivity contribution in [2.45, 2.75) is 19.9 Å². The van der Waals surface area contributed by atoms with Crippen LogP contribution in [0.15, 0.2) is 24.3 Å². The van der Waals surface area contributed by atoms with E-state index in [1.54, 1.807) is 0 Å². The summed E-state index contributed by atoms with van der Waals surface area (Å²) in [4.78, 5) is 2.47. The predicted octanol–water partition coefficient (Wildman–Crippen LogP) is 1.73. The minimum absolute atomic E-state index is 0.0873. The molecule has 0 saturated heterocycles. The third-order valence-electron chi connectivity index (χ3n) is 2.93. The van der Waals surface area contributed by atoms with Crippen molar-refractivity contribution in [1.82, 2.24) is 4.90 Å². The Bertz CT molecular complexity index is 395. The van der Waals surface area contributed by atoms with Crippen molar-refractivity contribution in [1.29, 1.82) is 0 Å². The summed E-state index contributed by atoms with van der Waals surface area (Å²) in [5.74, 6) is 0.832. The van der Waals surface area contributed by atoms with Crippen molar-refractivity contribution >= 4 is 17.2 Å². The van der Waals surface area contributed by atoms with Crippen LogP contribution in [-0.4, -0.2) is 41.3 Å². The van der Waals surface area contributed by atoms with Gasteiger partial charge in [-0.1, -0.05) is 31.3 Å². The van der Waals surface area contributed by atoms with E-state index >= 15 is 0 Å². The number of aliphatic hydroxyl groups is 1. The van der Waals surface area contributed by atoms with Crippen LogP contribution in [-0.2, 0) is 0 Å². The molecule has 5 heteroatoms. The highest BCUT2D eigenvalue weighted by molar-refractivity contribution is 7.80. The van der Waals surface area contributed by atoms with Crippen molar-refractivity contribution < 1.29 is 9.84 Å². The second-order valence-corrected chi connectivity index (χ2v) is 4.63. The first-order chi connectivity index (χ1) is 9.13. The number of likely N-dealkylation sites (N-methyl/N-ethyl adjacent to an activating group) is 1. The molecule has 0 radical (unpaired) electrons.